The molecule has 0 radical (unpaired) electrons. The van der Waals surface area contributed by atoms with E-state index in [1.807, 2.05) is 0 Å². The van der Waals surface area contributed by atoms with Gasteiger partial charge in [0.25, 0.3) is 0 Å². The van der Waals surface area contributed by atoms with Crippen LogP contribution in [0, 0.1) is 23.7 Å². The Balaban J connectivity index is 1.83. The van der Waals surface area contributed by atoms with Gasteiger partial charge in [0.15, 0.2) is 0 Å². The summed E-state index contributed by atoms with van der Waals surface area (Å²) < 4.78 is 0. The molecule has 0 heterocycles. The first-order chi connectivity index (χ1) is 9.45. The Morgan fingerprint density at radius 1 is 1.30 bits per heavy atom. The van der Waals surface area contributed by atoms with Gasteiger partial charge < -0.3 is 11.1 Å². The Kier molecular flexibility index (Phi) is 5.11. The third-order valence-corrected chi connectivity index (χ3v) is 5.17. The molecule has 2 rings (SSSR count). The monoisotopic (exact) mass is 280 g/mol. The first kappa shape index (κ1) is 15.8. The minimum Gasteiger partial charge on any atom is -0.349 e. The van der Waals surface area contributed by atoms with Gasteiger partial charge in [0, 0.05) is 18.0 Å². The molecule has 0 aromatic rings. The zero-order valence-electron chi connectivity index (χ0n) is 13.5. The average Bonchev–Trinajstić information content (AvgIpc) is 3.19. The van der Waals surface area contributed by atoms with Crippen LogP contribution in [0.5, 0.6) is 0 Å². The van der Waals surface area contributed by atoms with E-state index in [9.17, 15) is 4.79 Å². The molecule has 2 saturated carbocycles. The molecule has 3 N–H and O–H groups in total. The van der Waals surface area contributed by atoms with Gasteiger partial charge in [0.1, 0.15) is 0 Å². The molecule has 116 valence electrons. The lowest BCUT2D eigenvalue weighted by Crippen LogP contribution is -2.52. The first-order valence-corrected chi connectivity index (χ1v) is 8.47. The molecular formula is C17H32N2O. The van der Waals surface area contributed by atoms with Crippen molar-refractivity contribution in [1.29, 1.82) is 0 Å². The molecule has 0 aliphatic heterocycles. The average molecular weight is 280 g/mol. The van der Waals surface area contributed by atoms with Crippen LogP contribution < -0.4 is 11.1 Å². The van der Waals surface area contributed by atoms with Crippen LogP contribution in [0.25, 0.3) is 0 Å². The standard InChI is InChI=1S/C17H32N2O/c1-12(2)10-17(3,11-18)19-16(20)15-9-14(15)13-7-5-4-6-8-13/h12-15H,4-11,18H2,1-3H3,(H,19,20). The van der Waals surface area contributed by atoms with E-state index in [4.69, 9.17) is 5.73 Å². The molecule has 3 heteroatoms. The van der Waals surface area contributed by atoms with Gasteiger partial charge in [0.2, 0.25) is 5.91 Å². The largest absolute Gasteiger partial charge is 0.349 e. The predicted octanol–water partition coefficient (Wildman–Crippen LogP) is 3.08. The lowest BCUT2D eigenvalue weighted by molar-refractivity contribution is -0.124. The molecule has 3 nitrogen and oxygen atoms in total. The molecule has 0 aromatic heterocycles. The fraction of sp³-hybridized carbons (Fsp3) is 0.941. The highest BCUT2D eigenvalue weighted by molar-refractivity contribution is 5.82. The summed E-state index contributed by atoms with van der Waals surface area (Å²) in [6, 6.07) is 0. The summed E-state index contributed by atoms with van der Waals surface area (Å²) in [6.45, 7) is 6.98. The Bertz CT molecular complexity index is 336. The van der Waals surface area contributed by atoms with Gasteiger partial charge in [0.05, 0.1) is 0 Å². The van der Waals surface area contributed by atoms with E-state index in [1.165, 1.54) is 32.1 Å². The molecule has 0 saturated heterocycles. The second-order valence-corrected chi connectivity index (χ2v) is 7.76. The molecule has 0 bridgehead atoms. The maximum Gasteiger partial charge on any atom is 0.223 e. The van der Waals surface area contributed by atoms with Crippen molar-refractivity contribution in [1.82, 2.24) is 5.32 Å². The van der Waals surface area contributed by atoms with Crippen LogP contribution in [0.15, 0.2) is 0 Å². The molecule has 20 heavy (non-hydrogen) atoms. The van der Waals surface area contributed by atoms with E-state index < -0.39 is 0 Å². The zero-order chi connectivity index (χ0) is 14.8. The van der Waals surface area contributed by atoms with Crippen LogP contribution >= 0.6 is 0 Å². The quantitative estimate of drug-likeness (QED) is 0.785. The summed E-state index contributed by atoms with van der Waals surface area (Å²) in [5.41, 5.74) is 5.66. The molecule has 0 aromatic carbocycles. The van der Waals surface area contributed by atoms with Gasteiger partial charge in [-0.25, -0.2) is 0 Å². The van der Waals surface area contributed by atoms with Crippen LogP contribution in [-0.4, -0.2) is 18.0 Å². The van der Waals surface area contributed by atoms with Crippen molar-refractivity contribution < 1.29 is 4.79 Å². The number of carbonyl (C=O) groups excluding carboxylic acids is 1. The topological polar surface area (TPSA) is 55.1 Å². The van der Waals surface area contributed by atoms with Crippen LogP contribution in [-0.2, 0) is 4.79 Å². The number of nitrogens with one attached hydrogen (secondary N) is 1. The number of amides is 1. The van der Waals surface area contributed by atoms with Gasteiger partial charge in [-0.2, -0.15) is 0 Å². The minimum absolute atomic E-state index is 0.231. The van der Waals surface area contributed by atoms with Gasteiger partial charge >= 0.3 is 0 Å². The summed E-state index contributed by atoms with van der Waals surface area (Å²) in [4.78, 5) is 12.4. The van der Waals surface area contributed by atoms with Crippen molar-refractivity contribution in [2.75, 3.05) is 6.54 Å². The van der Waals surface area contributed by atoms with Crippen molar-refractivity contribution in [2.45, 2.75) is 71.3 Å². The number of carbonyl (C=O) groups is 1. The van der Waals surface area contributed by atoms with E-state index in [0.717, 1.165) is 18.8 Å². The highest BCUT2D eigenvalue weighted by atomic mass is 16.2. The smallest absolute Gasteiger partial charge is 0.223 e. The Labute approximate surface area is 124 Å². The highest BCUT2D eigenvalue weighted by Crippen LogP contribution is 2.49. The number of hydrogen-bond donors (Lipinski definition) is 2. The van der Waals surface area contributed by atoms with E-state index in [2.05, 4.69) is 26.1 Å². The Morgan fingerprint density at radius 2 is 1.95 bits per heavy atom. The van der Waals surface area contributed by atoms with Crippen molar-refractivity contribution >= 4 is 5.91 Å². The predicted molar refractivity (Wildman–Crippen MR) is 83.2 cm³/mol. The molecule has 2 fully saturated rings. The summed E-state index contributed by atoms with van der Waals surface area (Å²) in [5.74, 6) is 2.56. The number of hydrogen-bond acceptors (Lipinski definition) is 2. The van der Waals surface area contributed by atoms with E-state index >= 15 is 0 Å². The maximum atomic E-state index is 12.4. The molecule has 2 aliphatic rings. The molecule has 1 amide bonds. The number of nitrogens with two attached hydrogens (primary N) is 1. The number of rotatable bonds is 6. The first-order valence-electron chi connectivity index (χ1n) is 8.47. The third-order valence-electron chi connectivity index (χ3n) is 5.17. The Morgan fingerprint density at radius 3 is 2.50 bits per heavy atom. The summed E-state index contributed by atoms with van der Waals surface area (Å²) in [5, 5.41) is 3.24. The molecule has 3 atom stereocenters. The van der Waals surface area contributed by atoms with Crippen LogP contribution in [0.3, 0.4) is 0 Å². The molecular weight excluding hydrogens is 248 g/mol. The second kappa shape index (κ2) is 6.46. The van der Waals surface area contributed by atoms with Crippen molar-refractivity contribution in [2.24, 2.45) is 29.4 Å². The van der Waals surface area contributed by atoms with Crippen LogP contribution in [0.4, 0.5) is 0 Å². The van der Waals surface area contributed by atoms with Crippen molar-refractivity contribution in [3.05, 3.63) is 0 Å². The lowest BCUT2D eigenvalue weighted by Gasteiger charge is -2.31. The second-order valence-electron chi connectivity index (χ2n) is 7.76. The Hall–Kier alpha value is -0.570. The summed E-state index contributed by atoms with van der Waals surface area (Å²) >= 11 is 0. The fourth-order valence-electron chi connectivity index (χ4n) is 4.08. The van der Waals surface area contributed by atoms with Gasteiger partial charge in [-0.1, -0.05) is 46.0 Å². The van der Waals surface area contributed by atoms with E-state index in [1.54, 1.807) is 0 Å². The lowest BCUT2D eigenvalue weighted by atomic mass is 9.85. The third kappa shape index (κ3) is 3.97. The normalized spacial score (nSPS) is 30.1. The minimum atomic E-state index is -0.231. The van der Waals surface area contributed by atoms with E-state index in [-0.39, 0.29) is 17.4 Å². The van der Waals surface area contributed by atoms with Crippen LogP contribution in [0.2, 0.25) is 0 Å². The fourth-order valence-corrected chi connectivity index (χ4v) is 4.08. The zero-order valence-corrected chi connectivity index (χ0v) is 13.5. The molecule has 2 aliphatic carbocycles. The van der Waals surface area contributed by atoms with Gasteiger partial charge in [-0.3, -0.25) is 4.79 Å². The van der Waals surface area contributed by atoms with E-state index in [0.29, 0.717) is 18.4 Å². The van der Waals surface area contributed by atoms with Gasteiger partial charge in [-0.15, -0.1) is 0 Å². The van der Waals surface area contributed by atoms with Gasteiger partial charge in [-0.05, 0) is 37.5 Å². The molecule has 0 spiro atoms. The molecule has 3 unspecified atom stereocenters. The van der Waals surface area contributed by atoms with Crippen LogP contribution in [0.1, 0.15) is 65.7 Å². The van der Waals surface area contributed by atoms with Crippen molar-refractivity contribution in [3.8, 4) is 0 Å². The SMILES string of the molecule is CC(C)CC(C)(CN)NC(=O)C1CC1C1CCCCC1. The maximum absolute atomic E-state index is 12.4. The highest BCUT2D eigenvalue weighted by Gasteiger charge is 2.48. The summed E-state index contributed by atoms with van der Waals surface area (Å²) in [6.07, 6.45) is 8.87. The van der Waals surface area contributed by atoms with Crippen molar-refractivity contribution in [3.63, 3.8) is 0 Å². The summed E-state index contributed by atoms with van der Waals surface area (Å²) in [7, 11) is 0.